The largest absolute Gasteiger partial charge is 0.389 e. The summed E-state index contributed by atoms with van der Waals surface area (Å²) in [6.45, 7) is 1.87. The lowest BCUT2D eigenvalue weighted by Gasteiger charge is -2.28. The third-order valence-electron chi connectivity index (χ3n) is 4.70. The first-order chi connectivity index (χ1) is 13.4. The zero-order chi connectivity index (χ0) is 25.2. The van der Waals surface area contributed by atoms with Crippen molar-refractivity contribution in [1.82, 2.24) is 0 Å². The van der Waals surface area contributed by atoms with Crippen LogP contribution in [-0.4, -0.2) is 41.5 Å². The summed E-state index contributed by atoms with van der Waals surface area (Å²) in [6, 6.07) is 0. The van der Waals surface area contributed by atoms with Crippen LogP contribution in [0, 0.1) is 0 Å². The van der Waals surface area contributed by atoms with Gasteiger partial charge in [-0.15, -0.1) is 0 Å². The van der Waals surface area contributed by atoms with Gasteiger partial charge in [-0.2, -0.15) is 48.3 Å². The van der Waals surface area contributed by atoms with Crippen LogP contribution in [0.3, 0.4) is 0 Å². The van der Waals surface area contributed by atoms with Gasteiger partial charge in [-0.3, -0.25) is 0 Å². The Morgan fingerprint density at radius 2 is 1.03 bits per heavy atom. The van der Waals surface area contributed by atoms with Crippen LogP contribution >= 0.6 is 0 Å². The molecule has 0 amide bonds. The highest BCUT2D eigenvalue weighted by atomic mass is 19.4. The van der Waals surface area contributed by atoms with Crippen molar-refractivity contribution >= 4 is 0 Å². The van der Waals surface area contributed by atoms with Crippen molar-refractivity contribution in [3.8, 4) is 0 Å². The third-order valence-corrected chi connectivity index (χ3v) is 4.70. The summed E-state index contributed by atoms with van der Waals surface area (Å²) < 4.78 is 175. The number of rotatable bonds is 8. The Labute approximate surface area is 169 Å². The number of hydrogen-bond acceptors (Lipinski definition) is 0. The van der Waals surface area contributed by atoms with E-state index < -0.39 is 86.4 Å². The van der Waals surface area contributed by atoms with Crippen molar-refractivity contribution in [3.63, 3.8) is 0 Å². The van der Waals surface area contributed by atoms with E-state index in [1.807, 2.05) is 0 Å². The van der Waals surface area contributed by atoms with Crippen molar-refractivity contribution in [1.29, 1.82) is 0 Å². The van der Waals surface area contributed by atoms with Crippen LogP contribution in [0.1, 0.15) is 65.2 Å². The zero-order valence-electron chi connectivity index (χ0n) is 16.4. The van der Waals surface area contributed by atoms with Gasteiger partial charge in [0, 0.05) is 38.5 Å². The normalized spacial score (nSPS) is 24.0. The lowest BCUT2D eigenvalue weighted by molar-refractivity contribution is -0.234. The topological polar surface area (TPSA) is 0 Å². The minimum atomic E-state index is -5.01. The second kappa shape index (κ2) is 9.48. The SMILES string of the molecule is CC1(F)CCC(F)(F)C1(F)F.CCCC(F)(F)CCC(F)(F)C(F)(F)CCC(F)(F)F. The third kappa shape index (κ3) is 8.14. The maximum atomic E-state index is 13.1. The van der Waals surface area contributed by atoms with E-state index in [2.05, 4.69) is 0 Å². The second-order valence-electron chi connectivity index (χ2n) is 7.61. The molecule has 0 aromatic heterocycles. The number of halogens is 14. The molecule has 0 heterocycles. The van der Waals surface area contributed by atoms with Crippen molar-refractivity contribution < 1.29 is 61.5 Å². The molecule has 0 saturated heterocycles. The Morgan fingerprint density at radius 3 is 1.29 bits per heavy atom. The zero-order valence-corrected chi connectivity index (χ0v) is 16.4. The summed E-state index contributed by atoms with van der Waals surface area (Å²) in [7, 11) is 0. The van der Waals surface area contributed by atoms with Crippen LogP contribution in [0.2, 0.25) is 0 Å². The molecule has 0 bridgehead atoms. The molecular formula is C17H22F14. The molecule has 1 unspecified atom stereocenters. The highest BCUT2D eigenvalue weighted by molar-refractivity contribution is 5.06. The van der Waals surface area contributed by atoms with Gasteiger partial charge in [-0.05, 0) is 13.3 Å². The monoisotopic (exact) mass is 492 g/mol. The molecule has 31 heavy (non-hydrogen) atoms. The fourth-order valence-electron chi connectivity index (χ4n) is 2.58. The van der Waals surface area contributed by atoms with Gasteiger partial charge in [0.25, 0.3) is 0 Å². The molecule has 0 aliphatic heterocycles. The minimum Gasteiger partial charge on any atom is -0.237 e. The molecule has 1 aliphatic carbocycles. The van der Waals surface area contributed by atoms with Gasteiger partial charge in [-0.25, -0.2) is 13.2 Å². The number of hydrogen-bond donors (Lipinski definition) is 0. The molecular weight excluding hydrogens is 470 g/mol. The molecule has 1 rings (SSSR count). The maximum Gasteiger partial charge on any atom is 0.389 e. The Morgan fingerprint density at radius 1 is 0.613 bits per heavy atom. The van der Waals surface area contributed by atoms with E-state index in [0.29, 0.717) is 6.92 Å². The van der Waals surface area contributed by atoms with Gasteiger partial charge in [0.2, 0.25) is 5.92 Å². The Hall–Kier alpha value is -0.980. The summed E-state index contributed by atoms with van der Waals surface area (Å²) >= 11 is 0. The molecule has 0 nitrogen and oxygen atoms in total. The average Bonchev–Trinajstić information content (AvgIpc) is 2.70. The van der Waals surface area contributed by atoms with Crippen molar-refractivity contribution in [2.75, 3.05) is 0 Å². The van der Waals surface area contributed by atoms with Crippen molar-refractivity contribution in [2.45, 2.75) is 107 Å². The van der Waals surface area contributed by atoms with Crippen LogP contribution in [0.15, 0.2) is 0 Å². The Balaban J connectivity index is 0.000000683. The number of alkyl halides is 14. The standard InChI is InChI=1S/C11H15F9.C6H7F5/c1-2-3-8(12,13)4-5-9(14,15)10(16,17)6-7-11(18,19)20;1-4(7)2-3-5(8,9)6(4,10)11/h2-7H2,1H3;2-3H2,1H3. The first kappa shape index (κ1) is 30.0. The fourth-order valence-corrected chi connectivity index (χ4v) is 2.58. The predicted octanol–water partition coefficient (Wildman–Crippen LogP) is 8.59. The molecule has 188 valence electrons. The van der Waals surface area contributed by atoms with Gasteiger partial charge in [0.05, 0.1) is 0 Å². The summed E-state index contributed by atoms with van der Waals surface area (Å²) in [5, 5.41) is 0. The molecule has 1 fully saturated rings. The van der Waals surface area contributed by atoms with Crippen molar-refractivity contribution in [2.24, 2.45) is 0 Å². The highest BCUT2D eigenvalue weighted by Crippen LogP contribution is 2.55. The van der Waals surface area contributed by atoms with Crippen LogP contribution in [0.25, 0.3) is 0 Å². The van der Waals surface area contributed by atoms with Crippen molar-refractivity contribution in [3.05, 3.63) is 0 Å². The lowest BCUT2D eigenvalue weighted by atomic mass is 9.98. The van der Waals surface area contributed by atoms with E-state index in [1.54, 1.807) is 0 Å². The molecule has 1 atom stereocenters. The van der Waals surface area contributed by atoms with E-state index in [-0.39, 0.29) is 6.42 Å². The van der Waals surface area contributed by atoms with E-state index in [9.17, 15) is 61.5 Å². The van der Waals surface area contributed by atoms with E-state index >= 15 is 0 Å². The Bertz CT molecular complexity index is 544. The van der Waals surface area contributed by atoms with E-state index in [1.165, 1.54) is 6.92 Å². The molecule has 14 heteroatoms. The molecule has 1 saturated carbocycles. The van der Waals surface area contributed by atoms with Crippen LogP contribution in [0.5, 0.6) is 0 Å². The van der Waals surface area contributed by atoms with Crippen LogP contribution in [0.4, 0.5) is 61.5 Å². The van der Waals surface area contributed by atoms with Gasteiger partial charge in [0.1, 0.15) is 0 Å². The minimum absolute atomic E-state index is 0.0248. The van der Waals surface area contributed by atoms with Crippen LogP contribution < -0.4 is 0 Å². The average molecular weight is 492 g/mol. The maximum absolute atomic E-state index is 13.1. The molecule has 1 aliphatic rings. The van der Waals surface area contributed by atoms with E-state index in [4.69, 9.17) is 0 Å². The summed E-state index contributed by atoms with van der Waals surface area (Å²) in [5.41, 5.74) is -3.06. The van der Waals surface area contributed by atoms with Crippen LogP contribution in [-0.2, 0) is 0 Å². The molecule has 0 aromatic carbocycles. The quantitative estimate of drug-likeness (QED) is 0.298. The van der Waals surface area contributed by atoms with E-state index in [0.717, 1.165) is 0 Å². The first-order valence-corrected chi connectivity index (χ1v) is 9.08. The lowest BCUT2D eigenvalue weighted by Crippen LogP contribution is -2.47. The van der Waals surface area contributed by atoms with Gasteiger partial charge >= 0.3 is 29.9 Å². The Kier molecular flexibility index (Phi) is 9.18. The van der Waals surface area contributed by atoms with Gasteiger partial charge in [0.15, 0.2) is 5.67 Å². The summed E-state index contributed by atoms with van der Waals surface area (Å²) in [4.78, 5) is 0. The summed E-state index contributed by atoms with van der Waals surface area (Å²) in [5.74, 6) is -22.1. The second-order valence-corrected chi connectivity index (χ2v) is 7.61. The highest BCUT2D eigenvalue weighted by Gasteiger charge is 2.72. The summed E-state index contributed by atoms with van der Waals surface area (Å²) in [6.07, 6.45) is -15.2. The predicted molar refractivity (Wildman–Crippen MR) is 82.9 cm³/mol. The molecule has 0 spiro atoms. The molecule has 0 aromatic rings. The first-order valence-electron chi connectivity index (χ1n) is 9.08. The van der Waals surface area contributed by atoms with Gasteiger partial charge in [-0.1, -0.05) is 13.3 Å². The fraction of sp³-hybridized carbons (Fsp3) is 1.00. The smallest absolute Gasteiger partial charge is 0.237 e. The molecule has 0 N–H and O–H groups in total. The van der Waals surface area contributed by atoms with Gasteiger partial charge < -0.3 is 0 Å². The molecule has 0 radical (unpaired) electrons.